The molecule has 18 heavy (non-hydrogen) atoms. The molecule has 0 saturated carbocycles. The Labute approximate surface area is 110 Å². The predicted octanol–water partition coefficient (Wildman–Crippen LogP) is 2.75. The molecular formula is C10H17ClF3NO2S. The van der Waals surface area contributed by atoms with Crippen LogP contribution in [0, 0.1) is 0 Å². The number of sulfonamides is 1. The molecule has 1 aliphatic rings. The van der Waals surface area contributed by atoms with Crippen LogP contribution >= 0.6 is 11.6 Å². The predicted molar refractivity (Wildman–Crippen MR) is 64.1 cm³/mol. The van der Waals surface area contributed by atoms with Gasteiger partial charge >= 0.3 is 6.18 Å². The number of alkyl halides is 4. The van der Waals surface area contributed by atoms with E-state index >= 15 is 0 Å². The normalized spacial score (nSPS) is 23.2. The van der Waals surface area contributed by atoms with Crippen molar-refractivity contribution < 1.29 is 21.6 Å². The molecule has 1 atom stereocenters. The molecule has 1 fully saturated rings. The maximum Gasteiger partial charge on any atom is 0.389 e. The van der Waals surface area contributed by atoms with Gasteiger partial charge in [0.25, 0.3) is 0 Å². The van der Waals surface area contributed by atoms with Crippen molar-refractivity contribution in [2.24, 2.45) is 0 Å². The fraction of sp³-hybridized carbons (Fsp3) is 1.00. The summed E-state index contributed by atoms with van der Waals surface area (Å²) in [6.07, 6.45) is -3.42. The van der Waals surface area contributed by atoms with Crippen LogP contribution in [0.2, 0.25) is 0 Å². The zero-order valence-electron chi connectivity index (χ0n) is 9.92. The summed E-state index contributed by atoms with van der Waals surface area (Å²) in [5.74, 6) is -0.265. The van der Waals surface area contributed by atoms with Gasteiger partial charge in [-0.3, -0.25) is 0 Å². The molecule has 0 aliphatic carbocycles. The Morgan fingerprint density at radius 3 is 2.50 bits per heavy atom. The zero-order chi connectivity index (χ0) is 13.8. The van der Waals surface area contributed by atoms with Gasteiger partial charge in [0.15, 0.2) is 0 Å². The van der Waals surface area contributed by atoms with E-state index < -0.39 is 34.8 Å². The molecule has 1 rings (SSSR count). The second-order valence-electron chi connectivity index (χ2n) is 4.45. The van der Waals surface area contributed by atoms with Crippen LogP contribution in [0.15, 0.2) is 0 Å². The summed E-state index contributed by atoms with van der Waals surface area (Å²) in [6.45, 7) is 0.367. The van der Waals surface area contributed by atoms with Gasteiger partial charge in [0.2, 0.25) is 10.0 Å². The number of hydrogen-bond acceptors (Lipinski definition) is 2. The largest absolute Gasteiger partial charge is 0.389 e. The molecule has 108 valence electrons. The minimum atomic E-state index is -4.30. The average Bonchev–Trinajstić information content (AvgIpc) is 2.27. The highest BCUT2D eigenvalue weighted by Gasteiger charge is 2.33. The first-order valence-electron chi connectivity index (χ1n) is 5.88. The molecule has 0 spiro atoms. The van der Waals surface area contributed by atoms with E-state index in [-0.39, 0.29) is 11.9 Å². The molecule has 1 aliphatic heterocycles. The lowest BCUT2D eigenvalue weighted by Gasteiger charge is -2.33. The van der Waals surface area contributed by atoms with Crippen molar-refractivity contribution in [3.05, 3.63) is 0 Å². The van der Waals surface area contributed by atoms with Crippen LogP contribution in [0.4, 0.5) is 13.2 Å². The highest BCUT2D eigenvalue weighted by molar-refractivity contribution is 7.89. The first kappa shape index (κ1) is 16.0. The van der Waals surface area contributed by atoms with Crippen molar-refractivity contribution in [1.29, 1.82) is 0 Å². The van der Waals surface area contributed by atoms with Crippen LogP contribution in [-0.4, -0.2) is 43.1 Å². The fourth-order valence-corrected chi connectivity index (χ4v) is 4.25. The fourth-order valence-electron chi connectivity index (χ4n) is 2.07. The lowest BCUT2D eigenvalue weighted by molar-refractivity contribution is -0.134. The van der Waals surface area contributed by atoms with Crippen molar-refractivity contribution in [3.8, 4) is 0 Å². The highest BCUT2D eigenvalue weighted by atomic mass is 35.5. The SMILES string of the molecule is O=S(=O)(CCCC(F)(F)F)N1CCCCC1CCl. The van der Waals surface area contributed by atoms with E-state index in [4.69, 9.17) is 11.6 Å². The van der Waals surface area contributed by atoms with E-state index in [1.54, 1.807) is 0 Å². The van der Waals surface area contributed by atoms with Gasteiger partial charge in [-0.15, -0.1) is 11.6 Å². The number of nitrogens with zero attached hydrogens (tertiary/aromatic N) is 1. The molecule has 1 unspecified atom stereocenters. The third-order valence-corrected chi connectivity index (χ3v) is 5.33. The van der Waals surface area contributed by atoms with Crippen molar-refractivity contribution >= 4 is 21.6 Å². The standard InChI is InChI=1S/C10H17ClF3NO2S/c11-8-9-4-1-2-6-15(9)18(16,17)7-3-5-10(12,13)14/h9H,1-8H2. The Balaban J connectivity index is 2.56. The number of rotatable bonds is 5. The molecule has 0 aromatic carbocycles. The lowest BCUT2D eigenvalue weighted by atomic mass is 10.1. The quantitative estimate of drug-likeness (QED) is 0.732. The van der Waals surface area contributed by atoms with Crippen molar-refractivity contribution in [2.45, 2.75) is 44.3 Å². The van der Waals surface area contributed by atoms with Crippen LogP contribution < -0.4 is 0 Å². The molecule has 1 saturated heterocycles. The molecular weight excluding hydrogens is 291 g/mol. The number of hydrogen-bond donors (Lipinski definition) is 0. The number of piperidine rings is 1. The summed E-state index contributed by atoms with van der Waals surface area (Å²) in [5, 5.41) is 0. The minimum absolute atomic E-state index is 0.193. The molecule has 3 nitrogen and oxygen atoms in total. The lowest BCUT2D eigenvalue weighted by Crippen LogP contribution is -2.45. The van der Waals surface area contributed by atoms with Gasteiger partial charge in [0.1, 0.15) is 0 Å². The van der Waals surface area contributed by atoms with E-state index in [1.807, 2.05) is 0 Å². The summed E-state index contributed by atoms with van der Waals surface area (Å²) in [4.78, 5) is 0. The molecule has 0 aromatic heterocycles. The van der Waals surface area contributed by atoms with Crippen LogP contribution in [0.5, 0.6) is 0 Å². The van der Waals surface area contributed by atoms with Gasteiger partial charge in [0.05, 0.1) is 5.75 Å². The first-order chi connectivity index (χ1) is 8.26. The van der Waals surface area contributed by atoms with Gasteiger partial charge in [0, 0.05) is 24.9 Å². The van der Waals surface area contributed by atoms with Gasteiger partial charge in [-0.25, -0.2) is 8.42 Å². The molecule has 0 aromatic rings. The summed E-state index contributed by atoms with van der Waals surface area (Å²) >= 11 is 5.70. The first-order valence-corrected chi connectivity index (χ1v) is 8.03. The highest BCUT2D eigenvalue weighted by Crippen LogP contribution is 2.25. The number of halogens is 4. The zero-order valence-corrected chi connectivity index (χ0v) is 11.5. The van der Waals surface area contributed by atoms with Gasteiger partial charge in [-0.05, 0) is 19.3 Å². The second kappa shape index (κ2) is 6.43. The third-order valence-electron chi connectivity index (χ3n) is 2.97. The van der Waals surface area contributed by atoms with Crippen molar-refractivity contribution in [1.82, 2.24) is 4.31 Å². The molecule has 0 bridgehead atoms. The van der Waals surface area contributed by atoms with Crippen molar-refractivity contribution in [2.75, 3.05) is 18.2 Å². The topological polar surface area (TPSA) is 37.4 Å². The van der Waals surface area contributed by atoms with E-state index in [1.165, 1.54) is 4.31 Å². The maximum absolute atomic E-state index is 12.0. The van der Waals surface area contributed by atoms with Gasteiger partial charge < -0.3 is 0 Å². The second-order valence-corrected chi connectivity index (χ2v) is 6.80. The summed E-state index contributed by atoms with van der Waals surface area (Å²) in [7, 11) is -3.62. The monoisotopic (exact) mass is 307 g/mol. The average molecular weight is 308 g/mol. The Morgan fingerprint density at radius 1 is 1.28 bits per heavy atom. The summed E-state index contributed by atoms with van der Waals surface area (Å²) < 4.78 is 61.1. The molecule has 0 amide bonds. The molecule has 8 heteroatoms. The van der Waals surface area contributed by atoms with E-state index in [0.717, 1.165) is 12.8 Å². The Bertz CT molecular complexity index is 359. The van der Waals surface area contributed by atoms with E-state index in [9.17, 15) is 21.6 Å². The molecule has 0 radical (unpaired) electrons. The summed E-state index contributed by atoms with van der Waals surface area (Å²) in [6, 6.07) is -0.267. The van der Waals surface area contributed by atoms with Crippen LogP contribution in [0.25, 0.3) is 0 Å². The van der Waals surface area contributed by atoms with Crippen LogP contribution in [0.1, 0.15) is 32.1 Å². The molecule has 0 N–H and O–H groups in total. The Morgan fingerprint density at radius 2 is 1.94 bits per heavy atom. The minimum Gasteiger partial charge on any atom is -0.212 e. The van der Waals surface area contributed by atoms with Crippen LogP contribution in [-0.2, 0) is 10.0 Å². The van der Waals surface area contributed by atoms with Gasteiger partial charge in [-0.1, -0.05) is 6.42 Å². The van der Waals surface area contributed by atoms with E-state index in [2.05, 4.69) is 0 Å². The van der Waals surface area contributed by atoms with Crippen LogP contribution in [0.3, 0.4) is 0 Å². The Kier molecular flexibility index (Phi) is 5.73. The molecule has 1 heterocycles. The van der Waals surface area contributed by atoms with Crippen molar-refractivity contribution in [3.63, 3.8) is 0 Å². The maximum atomic E-state index is 12.0. The summed E-state index contributed by atoms with van der Waals surface area (Å²) in [5.41, 5.74) is 0. The Hall–Kier alpha value is -0.0100. The smallest absolute Gasteiger partial charge is 0.212 e. The van der Waals surface area contributed by atoms with Gasteiger partial charge in [-0.2, -0.15) is 17.5 Å². The van der Waals surface area contributed by atoms with E-state index in [0.29, 0.717) is 13.0 Å². The third kappa shape index (κ3) is 4.93.